The highest BCUT2D eigenvalue weighted by Gasteiger charge is 2.24. The lowest BCUT2D eigenvalue weighted by Gasteiger charge is -2.33. The number of likely N-dealkylation sites (tertiary alicyclic amines) is 1. The molecule has 1 aliphatic rings. The summed E-state index contributed by atoms with van der Waals surface area (Å²) in [7, 11) is 0. The van der Waals surface area contributed by atoms with Gasteiger partial charge >= 0.3 is 0 Å². The number of hydrogen-bond donors (Lipinski definition) is 2. The van der Waals surface area contributed by atoms with Crippen LogP contribution in [-0.2, 0) is 0 Å². The van der Waals surface area contributed by atoms with Crippen LogP contribution in [-0.4, -0.2) is 34.3 Å². The lowest BCUT2D eigenvalue weighted by atomic mass is 10.0. The fourth-order valence-electron chi connectivity index (χ4n) is 3.25. The maximum absolute atomic E-state index is 12.8. The van der Waals surface area contributed by atoms with Gasteiger partial charge in [-0.3, -0.25) is 14.4 Å². The number of nitrogens with one attached hydrogen (secondary N) is 2. The van der Waals surface area contributed by atoms with Crippen molar-refractivity contribution in [3.05, 3.63) is 63.6 Å². The molecule has 2 heterocycles. The van der Waals surface area contributed by atoms with E-state index in [2.05, 4.69) is 17.2 Å². The summed E-state index contributed by atoms with van der Waals surface area (Å²) in [6.45, 7) is 4.74. The molecule has 0 spiro atoms. The molecule has 136 valence electrons. The number of pyridine rings is 1. The van der Waals surface area contributed by atoms with E-state index >= 15 is 0 Å². The number of H-pyrrole nitrogens is 1. The van der Waals surface area contributed by atoms with Crippen LogP contribution in [0.2, 0.25) is 0 Å². The molecular weight excluding hydrogens is 330 g/mol. The minimum absolute atomic E-state index is 0.0406. The van der Waals surface area contributed by atoms with E-state index in [9.17, 15) is 14.4 Å². The number of aromatic nitrogens is 1. The second-order valence-electron chi connectivity index (χ2n) is 6.77. The number of hydrogen-bond acceptors (Lipinski definition) is 3. The van der Waals surface area contributed by atoms with Gasteiger partial charge in [0.2, 0.25) is 5.56 Å². The number of amides is 2. The van der Waals surface area contributed by atoms with Crippen LogP contribution in [0.1, 0.15) is 52.5 Å². The molecule has 1 unspecified atom stereocenters. The molecule has 1 aromatic heterocycles. The van der Waals surface area contributed by atoms with Crippen molar-refractivity contribution in [2.24, 2.45) is 0 Å². The monoisotopic (exact) mass is 353 g/mol. The topological polar surface area (TPSA) is 82.3 Å². The number of aromatic amines is 1. The first-order valence-corrected chi connectivity index (χ1v) is 8.87. The molecule has 1 atom stereocenters. The van der Waals surface area contributed by atoms with Crippen molar-refractivity contribution in [3.63, 3.8) is 0 Å². The zero-order valence-electron chi connectivity index (χ0n) is 15.0. The van der Waals surface area contributed by atoms with Crippen molar-refractivity contribution in [1.82, 2.24) is 9.88 Å². The minimum Gasteiger partial charge on any atom is -0.336 e. The van der Waals surface area contributed by atoms with Crippen LogP contribution in [0.3, 0.4) is 0 Å². The van der Waals surface area contributed by atoms with E-state index in [1.54, 1.807) is 12.1 Å². The highest BCUT2D eigenvalue weighted by molar-refractivity contribution is 6.04. The van der Waals surface area contributed by atoms with Gasteiger partial charge in [-0.1, -0.05) is 0 Å². The predicted octanol–water partition coefficient (Wildman–Crippen LogP) is 2.95. The molecule has 1 fully saturated rings. The summed E-state index contributed by atoms with van der Waals surface area (Å²) < 4.78 is 0. The van der Waals surface area contributed by atoms with Crippen molar-refractivity contribution in [3.8, 4) is 0 Å². The smallest absolute Gasteiger partial charge is 0.257 e. The van der Waals surface area contributed by atoms with Crippen LogP contribution in [0.15, 0.2) is 41.3 Å². The first-order valence-electron chi connectivity index (χ1n) is 8.87. The SMILES string of the molecule is Cc1cc(C(=O)N2CCCCC2C)ccc1NC(=O)c1ccc(=O)[nH]c1. The second kappa shape index (κ2) is 7.56. The number of piperidine rings is 1. The van der Waals surface area contributed by atoms with Crippen LogP contribution in [0.5, 0.6) is 0 Å². The lowest BCUT2D eigenvalue weighted by Crippen LogP contribution is -2.42. The summed E-state index contributed by atoms with van der Waals surface area (Å²) in [5.41, 5.74) is 2.21. The number of carbonyl (C=O) groups excluding carboxylic acids is 2. The van der Waals surface area contributed by atoms with Gasteiger partial charge in [-0.15, -0.1) is 0 Å². The van der Waals surface area contributed by atoms with Gasteiger partial charge in [0.05, 0.1) is 5.56 Å². The molecule has 0 radical (unpaired) electrons. The first kappa shape index (κ1) is 17.9. The largest absolute Gasteiger partial charge is 0.336 e. The van der Waals surface area contributed by atoms with Crippen LogP contribution in [0, 0.1) is 6.92 Å². The molecule has 0 aliphatic carbocycles. The van der Waals surface area contributed by atoms with Crippen molar-refractivity contribution in [1.29, 1.82) is 0 Å². The summed E-state index contributed by atoms with van der Waals surface area (Å²) in [5, 5.41) is 2.81. The molecular formula is C20H23N3O3. The van der Waals surface area contributed by atoms with E-state index in [1.807, 2.05) is 17.9 Å². The lowest BCUT2D eigenvalue weighted by molar-refractivity contribution is 0.0635. The Bertz CT molecular complexity index is 868. The van der Waals surface area contributed by atoms with Gasteiger partial charge in [-0.2, -0.15) is 0 Å². The summed E-state index contributed by atoms with van der Waals surface area (Å²) in [5.74, 6) is -0.271. The van der Waals surface area contributed by atoms with E-state index in [1.165, 1.54) is 24.8 Å². The molecule has 3 rings (SSSR count). The van der Waals surface area contributed by atoms with Gasteiger partial charge < -0.3 is 15.2 Å². The fraction of sp³-hybridized carbons (Fsp3) is 0.350. The molecule has 1 saturated heterocycles. The Balaban J connectivity index is 1.74. The van der Waals surface area contributed by atoms with Gasteiger partial charge in [0.25, 0.3) is 11.8 Å². The molecule has 2 aromatic rings. The van der Waals surface area contributed by atoms with Gasteiger partial charge in [0.15, 0.2) is 0 Å². The molecule has 26 heavy (non-hydrogen) atoms. The van der Waals surface area contributed by atoms with E-state index < -0.39 is 0 Å². The van der Waals surface area contributed by atoms with E-state index in [4.69, 9.17) is 0 Å². The van der Waals surface area contributed by atoms with Gasteiger partial charge in [0, 0.05) is 36.1 Å². The quantitative estimate of drug-likeness (QED) is 0.890. The average Bonchev–Trinajstić information content (AvgIpc) is 2.63. The third-order valence-electron chi connectivity index (χ3n) is 4.83. The zero-order chi connectivity index (χ0) is 18.7. The van der Waals surface area contributed by atoms with Crippen molar-refractivity contribution >= 4 is 17.5 Å². The number of nitrogens with zero attached hydrogens (tertiary/aromatic N) is 1. The minimum atomic E-state index is -0.312. The van der Waals surface area contributed by atoms with E-state index in [0.29, 0.717) is 16.8 Å². The maximum Gasteiger partial charge on any atom is 0.257 e. The Morgan fingerprint density at radius 1 is 1.15 bits per heavy atom. The maximum atomic E-state index is 12.8. The number of anilines is 1. The summed E-state index contributed by atoms with van der Waals surface area (Å²) >= 11 is 0. The molecule has 1 aliphatic heterocycles. The molecule has 1 aromatic carbocycles. The van der Waals surface area contributed by atoms with Crippen molar-refractivity contribution < 1.29 is 9.59 Å². The van der Waals surface area contributed by atoms with Crippen LogP contribution >= 0.6 is 0 Å². The third-order valence-corrected chi connectivity index (χ3v) is 4.83. The number of rotatable bonds is 3. The Labute approximate surface area is 152 Å². The number of benzene rings is 1. The summed E-state index contributed by atoms with van der Waals surface area (Å²) in [6.07, 6.45) is 4.63. The van der Waals surface area contributed by atoms with Crippen LogP contribution < -0.4 is 10.9 Å². The average molecular weight is 353 g/mol. The summed E-state index contributed by atoms with van der Waals surface area (Å²) in [6, 6.07) is 8.35. The molecule has 6 heteroatoms. The Morgan fingerprint density at radius 3 is 2.58 bits per heavy atom. The van der Waals surface area contributed by atoms with E-state index in [-0.39, 0.29) is 23.4 Å². The zero-order valence-corrected chi connectivity index (χ0v) is 15.0. The third kappa shape index (κ3) is 3.85. The summed E-state index contributed by atoms with van der Waals surface area (Å²) in [4.78, 5) is 40.5. The second-order valence-corrected chi connectivity index (χ2v) is 6.77. The number of carbonyl (C=O) groups is 2. The van der Waals surface area contributed by atoms with Crippen LogP contribution in [0.25, 0.3) is 0 Å². The highest BCUT2D eigenvalue weighted by atomic mass is 16.2. The van der Waals surface area contributed by atoms with E-state index in [0.717, 1.165) is 24.9 Å². The van der Waals surface area contributed by atoms with Crippen molar-refractivity contribution in [2.75, 3.05) is 11.9 Å². The molecule has 0 bridgehead atoms. The molecule has 2 N–H and O–H groups in total. The molecule has 0 saturated carbocycles. The Morgan fingerprint density at radius 2 is 1.92 bits per heavy atom. The van der Waals surface area contributed by atoms with Gasteiger partial charge in [-0.25, -0.2) is 0 Å². The fourth-order valence-corrected chi connectivity index (χ4v) is 3.25. The standard InChI is InChI=1S/C20H23N3O3/c1-13-11-15(20(26)23-10-4-3-5-14(23)2)6-8-17(13)22-19(25)16-7-9-18(24)21-12-16/h6-9,11-12,14H,3-5,10H2,1-2H3,(H,21,24)(H,22,25). The van der Waals surface area contributed by atoms with Crippen LogP contribution in [0.4, 0.5) is 5.69 Å². The number of aryl methyl sites for hydroxylation is 1. The highest BCUT2D eigenvalue weighted by Crippen LogP contribution is 2.22. The Kier molecular flexibility index (Phi) is 5.21. The molecule has 2 amide bonds. The van der Waals surface area contributed by atoms with Crippen molar-refractivity contribution in [2.45, 2.75) is 39.2 Å². The molecule has 6 nitrogen and oxygen atoms in total. The van der Waals surface area contributed by atoms with Gasteiger partial charge in [-0.05, 0) is 62.9 Å². The van der Waals surface area contributed by atoms with Gasteiger partial charge in [0.1, 0.15) is 0 Å². The Hall–Kier alpha value is -2.89. The first-order chi connectivity index (χ1) is 12.5. The predicted molar refractivity (Wildman–Crippen MR) is 101 cm³/mol. The normalized spacial score (nSPS) is 17.0.